The van der Waals surface area contributed by atoms with Gasteiger partial charge in [-0.3, -0.25) is 4.79 Å². The van der Waals surface area contributed by atoms with E-state index in [0.717, 1.165) is 20.1 Å². The second-order valence-corrected chi connectivity index (χ2v) is 9.04. The predicted octanol–water partition coefficient (Wildman–Crippen LogP) is -0.301. The highest BCUT2D eigenvalue weighted by Gasteiger charge is 2.41. The Balaban J connectivity index is 4.68. The molecular formula is C8H16O6S2. The van der Waals surface area contributed by atoms with Crippen molar-refractivity contribution in [1.82, 2.24) is 0 Å². The molecule has 6 nitrogen and oxygen atoms in total. The molecule has 0 spiro atoms. The number of carboxylic acid groups (broad SMARTS) is 1. The Bertz CT molecular complexity index is 457. The molecule has 0 saturated carbocycles. The topological polar surface area (TPSA) is 106 Å². The van der Waals surface area contributed by atoms with Crippen molar-refractivity contribution in [3.63, 3.8) is 0 Å². The summed E-state index contributed by atoms with van der Waals surface area (Å²) in [6.45, 7) is 2.18. The molecule has 96 valence electrons. The lowest BCUT2D eigenvalue weighted by molar-refractivity contribution is -0.139. The fourth-order valence-corrected chi connectivity index (χ4v) is 3.05. The summed E-state index contributed by atoms with van der Waals surface area (Å²) in [6.07, 6.45) is 0.917. The molecule has 0 aliphatic rings. The molecule has 0 rings (SSSR count). The molecule has 0 saturated heterocycles. The highest BCUT2D eigenvalue weighted by molar-refractivity contribution is 7.93. The number of carbonyl (C=O) groups is 1. The van der Waals surface area contributed by atoms with Crippen molar-refractivity contribution in [3.8, 4) is 0 Å². The van der Waals surface area contributed by atoms with Crippen LogP contribution in [0.5, 0.6) is 0 Å². The third-order valence-corrected chi connectivity index (χ3v) is 5.81. The molecule has 8 heteroatoms. The summed E-state index contributed by atoms with van der Waals surface area (Å²) in [5.74, 6) is -2.15. The molecule has 0 radical (unpaired) electrons. The maximum atomic E-state index is 11.6. The molecule has 1 N–H and O–H groups in total. The summed E-state index contributed by atoms with van der Waals surface area (Å²) in [6, 6.07) is 0. The van der Waals surface area contributed by atoms with Crippen LogP contribution in [0.2, 0.25) is 0 Å². The van der Waals surface area contributed by atoms with E-state index in [-0.39, 0.29) is 12.2 Å². The van der Waals surface area contributed by atoms with Crippen LogP contribution in [0.25, 0.3) is 0 Å². The SMILES string of the molecule is CC(C)(C(=O)O)S(=O)(=O)CCCS(C)(=O)=O. The second-order valence-electron chi connectivity index (χ2n) is 4.12. The lowest BCUT2D eigenvalue weighted by atomic mass is 10.2. The minimum Gasteiger partial charge on any atom is -0.480 e. The molecule has 0 bridgehead atoms. The van der Waals surface area contributed by atoms with Gasteiger partial charge in [0, 0.05) is 6.26 Å². The zero-order valence-electron chi connectivity index (χ0n) is 9.43. The average molecular weight is 272 g/mol. The summed E-state index contributed by atoms with van der Waals surface area (Å²) in [5.41, 5.74) is 0. The molecule has 0 atom stereocenters. The van der Waals surface area contributed by atoms with E-state index in [1.807, 2.05) is 0 Å². The second kappa shape index (κ2) is 4.70. The standard InChI is InChI=1S/C8H16O6S2/c1-8(2,7(9)10)16(13,14)6-4-5-15(3,11)12/h4-6H2,1-3H3,(H,9,10). The van der Waals surface area contributed by atoms with E-state index >= 15 is 0 Å². The Morgan fingerprint density at radius 1 is 1.12 bits per heavy atom. The van der Waals surface area contributed by atoms with Crippen LogP contribution >= 0.6 is 0 Å². The van der Waals surface area contributed by atoms with Crippen LogP contribution in [0.15, 0.2) is 0 Å². The number of aliphatic carboxylic acids is 1. The summed E-state index contributed by atoms with van der Waals surface area (Å²) < 4.78 is 42.9. The molecule has 0 aromatic heterocycles. The molecule has 16 heavy (non-hydrogen) atoms. The number of rotatable bonds is 6. The zero-order chi connectivity index (χ0) is 13.2. The highest BCUT2D eigenvalue weighted by atomic mass is 32.2. The van der Waals surface area contributed by atoms with Crippen molar-refractivity contribution in [1.29, 1.82) is 0 Å². The van der Waals surface area contributed by atoms with Gasteiger partial charge in [0.15, 0.2) is 14.6 Å². The monoisotopic (exact) mass is 272 g/mol. The van der Waals surface area contributed by atoms with Gasteiger partial charge in [-0.2, -0.15) is 0 Å². The third kappa shape index (κ3) is 4.09. The van der Waals surface area contributed by atoms with Gasteiger partial charge in [-0.15, -0.1) is 0 Å². The summed E-state index contributed by atoms with van der Waals surface area (Å²) >= 11 is 0. The van der Waals surface area contributed by atoms with Crippen LogP contribution in [0, 0.1) is 0 Å². The van der Waals surface area contributed by atoms with Crippen LogP contribution in [-0.4, -0.2) is 50.4 Å². The van der Waals surface area contributed by atoms with Gasteiger partial charge in [0.05, 0.1) is 11.5 Å². The van der Waals surface area contributed by atoms with Crippen LogP contribution < -0.4 is 0 Å². The number of hydrogen-bond donors (Lipinski definition) is 1. The highest BCUT2D eigenvalue weighted by Crippen LogP contribution is 2.18. The minimum atomic E-state index is -3.85. The first-order chi connectivity index (χ1) is 6.90. The maximum Gasteiger partial charge on any atom is 0.324 e. The Morgan fingerprint density at radius 2 is 1.56 bits per heavy atom. The predicted molar refractivity (Wildman–Crippen MR) is 59.8 cm³/mol. The fraction of sp³-hybridized carbons (Fsp3) is 0.875. The van der Waals surface area contributed by atoms with Gasteiger partial charge in [-0.1, -0.05) is 0 Å². The lowest BCUT2D eigenvalue weighted by Gasteiger charge is -2.19. The lowest BCUT2D eigenvalue weighted by Crippen LogP contribution is -2.42. The summed E-state index contributed by atoms with van der Waals surface area (Å²) in [4.78, 5) is 10.7. The minimum absolute atomic E-state index is 0.0854. The smallest absolute Gasteiger partial charge is 0.324 e. The maximum absolute atomic E-state index is 11.6. The Hall–Kier alpha value is -0.630. The fourth-order valence-electron chi connectivity index (χ4n) is 0.899. The van der Waals surface area contributed by atoms with Crippen molar-refractivity contribution in [3.05, 3.63) is 0 Å². The van der Waals surface area contributed by atoms with Crippen molar-refractivity contribution in [2.75, 3.05) is 17.8 Å². The molecule has 0 fully saturated rings. The average Bonchev–Trinajstić information content (AvgIpc) is 2.00. The largest absolute Gasteiger partial charge is 0.480 e. The van der Waals surface area contributed by atoms with Gasteiger partial charge in [0.1, 0.15) is 9.84 Å². The van der Waals surface area contributed by atoms with Crippen molar-refractivity contribution in [2.45, 2.75) is 25.0 Å². The Morgan fingerprint density at radius 3 is 1.88 bits per heavy atom. The Kier molecular flexibility index (Phi) is 4.52. The normalized spacial score (nSPS) is 13.7. The molecule has 0 aliphatic carbocycles. The molecule has 0 amide bonds. The first-order valence-corrected chi connectivity index (χ1v) is 8.25. The van der Waals surface area contributed by atoms with Gasteiger partial charge in [0.25, 0.3) is 0 Å². The van der Waals surface area contributed by atoms with Crippen LogP contribution in [0.3, 0.4) is 0 Å². The van der Waals surface area contributed by atoms with Crippen LogP contribution in [0.1, 0.15) is 20.3 Å². The molecule has 0 aromatic carbocycles. The third-order valence-electron chi connectivity index (χ3n) is 2.22. The van der Waals surface area contributed by atoms with E-state index in [1.54, 1.807) is 0 Å². The van der Waals surface area contributed by atoms with Crippen molar-refractivity contribution >= 4 is 25.6 Å². The van der Waals surface area contributed by atoms with E-state index in [0.29, 0.717) is 0 Å². The first kappa shape index (κ1) is 15.4. The van der Waals surface area contributed by atoms with E-state index < -0.39 is 36.1 Å². The van der Waals surface area contributed by atoms with E-state index in [1.165, 1.54) is 0 Å². The summed E-state index contributed by atoms with van der Waals surface area (Å²) in [7, 11) is -7.07. The van der Waals surface area contributed by atoms with Gasteiger partial charge >= 0.3 is 5.97 Å². The van der Waals surface area contributed by atoms with Crippen LogP contribution in [-0.2, 0) is 24.5 Å². The molecule has 0 aliphatic heterocycles. The first-order valence-electron chi connectivity index (χ1n) is 4.53. The molecular weight excluding hydrogens is 256 g/mol. The van der Waals surface area contributed by atoms with Crippen molar-refractivity contribution in [2.24, 2.45) is 0 Å². The van der Waals surface area contributed by atoms with Gasteiger partial charge < -0.3 is 5.11 Å². The van der Waals surface area contributed by atoms with E-state index in [9.17, 15) is 21.6 Å². The van der Waals surface area contributed by atoms with E-state index in [4.69, 9.17) is 5.11 Å². The molecule has 0 aromatic rings. The number of carboxylic acids is 1. The van der Waals surface area contributed by atoms with E-state index in [2.05, 4.69) is 0 Å². The van der Waals surface area contributed by atoms with Crippen molar-refractivity contribution < 1.29 is 26.7 Å². The number of hydrogen-bond acceptors (Lipinski definition) is 5. The quantitative estimate of drug-likeness (QED) is 0.711. The van der Waals surface area contributed by atoms with Crippen LogP contribution in [0.4, 0.5) is 0 Å². The summed E-state index contributed by atoms with van der Waals surface area (Å²) in [5, 5.41) is 8.74. The number of sulfone groups is 2. The molecule has 0 heterocycles. The van der Waals surface area contributed by atoms with Gasteiger partial charge in [0.2, 0.25) is 0 Å². The zero-order valence-corrected chi connectivity index (χ0v) is 11.1. The molecule has 0 unspecified atom stereocenters. The Labute approximate surface area is 95.5 Å². The van der Waals surface area contributed by atoms with Gasteiger partial charge in [-0.05, 0) is 20.3 Å². The van der Waals surface area contributed by atoms with Gasteiger partial charge in [-0.25, -0.2) is 16.8 Å².